The summed E-state index contributed by atoms with van der Waals surface area (Å²) in [5.74, 6) is -49.4. The molecule has 0 N–H and O–H groups in total. The molecule has 0 amide bonds. The van der Waals surface area contributed by atoms with Gasteiger partial charge in [-0.2, -0.15) is 0 Å². The van der Waals surface area contributed by atoms with Gasteiger partial charge in [0.1, 0.15) is 0 Å². The van der Waals surface area contributed by atoms with Gasteiger partial charge in [0, 0.05) is 86.2 Å². The maximum Gasteiger partial charge on any atom is 0.198 e. The molecule has 0 heterocycles. The fourth-order valence-corrected chi connectivity index (χ4v) is 10.9. The molecule has 0 radical (unpaired) electrons. The van der Waals surface area contributed by atoms with Crippen LogP contribution in [-0.4, -0.2) is 0 Å². The average Bonchev–Trinajstić information content (AvgIpc) is 3.31. The van der Waals surface area contributed by atoms with E-state index in [1.165, 1.54) is 0 Å². The molecule has 20 heteroatoms. The van der Waals surface area contributed by atoms with Gasteiger partial charge < -0.3 is 0 Å². The van der Waals surface area contributed by atoms with Crippen molar-refractivity contribution in [1.29, 1.82) is 0 Å². The van der Waals surface area contributed by atoms with Crippen molar-refractivity contribution in [1.82, 2.24) is 0 Å². The molecule has 0 unspecified atom stereocenters. The molecule has 0 spiro atoms. The molecule has 0 aliphatic carbocycles. The van der Waals surface area contributed by atoms with Crippen molar-refractivity contribution in [2.45, 2.75) is 0 Å². The van der Waals surface area contributed by atoms with E-state index in [9.17, 15) is 0 Å². The second-order valence-electron chi connectivity index (χ2n) is 16.1. The van der Waals surface area contributed by atoms with Gasteiger partial charge in [-0.3, -0.25) is 0 Å². The molecular weight excluding hydrogens is 956 g/mol. The minimum absolute atomic E-state index is 0.0478. The van der Waals surface area contributed by atoms with Crippen molar-refractivity contribution in [3.8, 4) is 0 Å². The Hall–Kier alpha value is -7.64. The van der Waals surface area contributed by atoms with Gasteiger partial charge in [0.25, 0.3) is 0 Å². The zero-order chi connectivity index (χ0) is 48.2. The summed E-state index contributed by atoms with van der Waals surface area (Å²) in [4.78, 5) is 0. The van der Waals surface area contributed by atoms with Crippen LogP contribution < -0.4 is 0 Å². The van der Waals surface area contributed by atoms with Gasteiger partial charge in [-0.05, 0) is 67.4 Å². The van der Waals surface area contributed by atoms with E-state index in [4.69, 9.17) is 0 Å². The van der Waals surface area contributed by atoms with E-state index in [1.54, 1.807) is 0 Å². The summed E-state index contributed by atoms with van der Waals surface area (Å²) in [5, 5.41) is -32.1. The third-order valence-corrected chi connectivity index (χ3v) is 13.3. The van der Waals surface area contributed by atoms with E-state index in [0.717, 1.165) is 0 Å². The molecule has 13 aromatic rings. The van der Waals surface area contributed by atoms with Gasteiger partial charge in [-0.25, -0.2) is 87.8 Å². The van der Waals surface area contributed by atoms with Gasteiger partial charge >= 0.3 is 0 Å². The highest BCUT2D eigenvalue weighted by atomic mass is 19.2. The maximum atomic E-state index is 16.8. The Kier molecular flexibility index (Phi) is 7.33. The number of hydrogen-bond donors (Lipinski definition) is 0. The Morgan fingerprint density at radius 3 is 0.471 bits per heavy atom. The lowest BCUT2D eigenvalue weighted by Crippen LogP contribution is -2.08. The van der Waals surface area contributed by atoms with Crippen LogP contribution in [0.3, 0.4) is 0 Å². The third-order valence-electron chi connectivity index (χ3n) is 13.3. The van der Waals surface area contributed by atoms with Crippen molar-refractivity contribution in [2.75, 3.05) is 0 Å². The summed E-state index contributed by atoms with van der Waals surface area (Å²) in [5.41, 5.74) is 0. The zero-order valence-electron chi connectivity index (χ0n) is 31.9. The van der Waals surface area contributed by atoms with Crippen molar-refractivity contribution in [3.05, 3.63) is 141 Å². The maximum absolute atomic E-state index is 16.8. The SMILES string of the molecule is Fc1cc2c(c(F)c1F)c1c3c(F)c(F)c(F)c(F)c3c3c4c(F)c(F)c(F)cc4c4c5cc(F)c(F)c(F)c5c5c6c(F)c(F)c(F)c(F)c6c6c7c(F)c(F)c(F)cc7c2c2c1c3c4c5c62. The molecule has 0 aliphatic rings. The van der Waals surface area contributed by atoms with E-state index >= 15 is 87.8 Å². The predicted molar refractivity (Wildman–Crippen MR) is 209 cm³/mol. The summed E-state index contributed by atoms with van der Waals surface area (Å²) in [6.07, 6.45) is 0. The Morgan fingerprint density at radius 1 is 0.132 bits per heavy atom. The second kappa shape index (κ2) is 12.3. The first-order chi connectivity index (χ1) is 32.1. The molecule has 13 aromatic carbocycles. The monoisotopic (exact) mass is 960 g/mol. The lowest BCUT2D eigenvalue weighted by atomic mass is 9.73. The van der Waals surface area contributed by atoms with Crippen LogP contribution in [0.2, 0.25) is 0 Å². The number of benzene rings is 13. The number of hydrogen-bond acceptors (Lipinski definition) is 0. The molecule has 0 aromatic heterocycles. The third kappa shape index (κ3) is 4.10. The number of fused-ring (bicyclic) bond motifs is 18. The molecule has 0 fully saturated rings. The summed E-state index contributed by atoms with van der Waals surface area (Å²) in [6, 6.07) is 0.191. The Bertz CT molecular complexity index is 4130. The van der Waals surface area contributed by atoms with Gasteiger partial charge in [0.15, 0.2) is 116 Å². The molecule has 68 heavy (non-hydrogen) atoms. The first-order valence-electron chi connectivity index (χ1n) is 19.1. The van der Waals surface area contributed by atoms with Crippen LogP contribution in [0.15, 0.2) is 24.3 Å². The fraction of sp³-hybridized carbons (Fsp3) is 0. The quantitative estimate of drug-likeness (QED) is 0.0467. The average molecular weight is 961 g/mol. The molecule has 0 aliphatic heterocycles. The van der Waals surface area contributed by atoms with E-state index in [2.05, 4.69) is 0 Å². The van der Waals surface area contributed by atoms with Crippen molar-refractivity contribution in [3.63, 3.8) is 0 Å². The Balaban J connectivity index is 1.66. The molecule has 13 rings (SSSR count). The number of halogens is 20. The molecule has 0 saturated carbocycles. The highest BCUT2D eigenvalue weighted by Crippen LogP contribution is 2.62. The standard InChI is InChI=1S/C48H4F20/c49-9-1-5-13-6-2-10(50)34(54)38(58)16(6)22-26-19(13)25-21(15(5)37(57)33(9)53)29-30(42(62)46(66)45(65)41(29)61)23-17-7(3-11(51)35(55)39(17)59)14-8-4-12(52)36(56)40(60)18(8)24(28(26)20(14)27(23)25)32-31(22)43(63)47(67)48(68)44(32)64/h1-4H. The smallest absolute Gasteiger partial charge is 0.198 e. The van der Waals surface area contributed by atoms with Crippen LogP contribution in [0, 0.1) is 116 Å². The van der Waals surface area contributed by atoms with Gasteiger partial charge in [-0.1, -0.05) is 0 Å². The summed E-state index contributed by atoms with van der Waals surface area (Å²) in [6.45, 7) is 0. The molecular formula is C48H4F20. The number of rotatable bonds is 0. The summed E-state index contributed by atoms with van der Waals surface area (Å²) in [7, 11) is 0. The molecule has 0 nitrogen and oxygen atoms in total. The highest BCUT2D eigenvalue weighted by Gasteiger charge is 2.39. The van der Waals surface area contributed by atoms with Gasteiger partial charge in [0.05, 0.1) is 0 Å². The van der Waals surface area contributed by atoms with E-state index in [1.807, 2.05) is 0 Å². The molecule has 0 atom stereocenters. The topological polar surface area (TPSA) is 0 Å². The molecule has 0 bridgehead atoms. The summed E-state index contributed by atoms with van der Waals surface area (Å²) < 4.78 is 323. The first kappa shape index (κ1) is 40.6. The summed E-state index contributed by atoms with van der Waals surface area (Å²) >= 11 is 0. The Morgan fingerprint density at radius 2 is 0.279 bits per heavy atom. The minimum atomic E-state index is -2.74. The lowest BCUT2D eigenvalue weighted by molar-refractivity contribution is 0.418. The van der Waals surface area contributed by atoms with E-state index < -0.39 is 246 Å². The van der Waals surface area contributed by atoms with Crippen LogP contribution in [0.4, 0.5) is 87.8 Å². The van der Waals surface area contributed by atoms with Crippen molar-refractivity contribution < 1.29 is 87.8 Å². The van der Waals surface area contributed by atoms with Crippen LogP contribution in [0.1, 0.15) is 0 Å². The van der Waals surface area contributed by atoms with E-state index in [-0.39, 0.29) is 24.3 Å². The van der Waals surface area contributed by atoms with Gasteiger partial charge in [0.2, 0.25) is 0 Å². The molecule has 336 valence electrons. The van der Waals surface area contributed by atoms with E-state index in [0.29, 0.717) is 0 Å². The van der Waals surface area contributed by atoms with Crippen LogP contribution in [0.25, 0.3) is 129 Å². The Labute approximate surface area is 357 Å². The van der Waals surface area contributed by atoms with Crippen LogP contribution in [0.5, 0.6) is 0 Å². The van der Waals surface area contributed by atoms with Crippen molar-refractivity contribution in [2.24, 2.45) is 0 Å². The lowest BCUT2D eigenvalue weighted by Gasteiger charge is -2.29. The zero-order valence-corrected chi connectivity index (χ0v) is 31.9. The largest absolute Gasteiger partial charge is 0.204 e. The predicted octanol–water partition coefficient (Wildman–Crippen LogP) is 16.6. The minimum Gasteiger partial charge on any atom is -0.204 e. The fourth-order valence-electron chi connectivity index (χ4n) is 10.9. The normalized spacial score (nSPS) is 13.0. The highest BCUT2D eigenvalue weighted by molar-refractivity contribution is 6.61. The molecule has 0 saturated heterocycles. The van der Waals surface area contributed by atoms with Gasteiger partial charge in [-0.15, -0.1) is 0 Å². The van der Waals surface area contributed by atoms with Crippen molar-refractivity contribution >= 4 is 129 Å². The van der Waals surface area contributed by atoms with Crippen LogP contribution in [-0.2, 0) is 0 Å². The van der Waals surface area contributed by atoms with Crippen LogP contribution >= 0.6 is 0 Å². The second-order valence-corrected chi connectivity index (χ2v) is 16.1. The first-order valence-corrected chi connectivity index (χ1v) is 19.1.